The SMILES string of the molecule is COc1ccc(CCC(=O)OCC(=O)N2CCN(S(=O)(=O)c3ccc(C)cc3)CC2)cc1OC. The molecule has 0 bridgehead atoms. The number of carbonyl (C=O) groups is 2. The molecule has 3 rings (SSSR count). The van der Waals surface area contributed by atoms with Crippen LogP contribution in [0.5, 0.6) is 11.5 Å². The van der Waals surface area contributed by atoms with Crippen molar-refractivity contribution in [2.75, 3.05) is 47.0 Å². The van der Waals surface area contributed by atoms with Crippen LogP contribution in [-0.2, 0) is 30.8 Å². The summed E-state index contributed by atoms with van der Waals surface area (Å²) in [5.74, 6) is 0.355. The van der Waals surface area contributed by atoms with Crippen molar-refractivity contribution in [2.45, 2.75) is 24.7 Å². The lowest BCUT2D eigenvalue weighted by molar-refractivity contribution is -0.152. The summed E-state index contributed by atoms with van der Waals surface area (Å²) in [6, 6.07) is 12.1. The number of hydrogen-bond acceptors (Lipinski definition) is 7. The van der Waals surface area contributed by atoms with Gasteiger partial charge in [-0.15, -0.1) is 0 Å². The second-order valence-electron chi connectivity index (χ2n) is 7.95. The molecule has 0 radical (unpaired) electrons. The van der Waals surface area contributed by atoms with E-state index in [1.165, 1.54) is 9.21 Å². The van der Waals surface area contributed by atoms with E-state index in [1.807, 2.05) is 13.0 Å². The Morgan fingerprint density at radius 3 is 2.18 bits per heavy atom. The smallest absolute Gasteiger partial charge is 0.306 e. The summed E-state index contributed by atoms with van der Waals surface area (Å²) in [6.45, 7) is 2.39. The van der Waals surface area contributed by atoms with Crippen LogP contribution >= 0.6 is 0 Å². The molecule has 184 valence electrons. The van der Waals surface area contributed by atoms with Gasteiger partial charge in [0.15, 0.2) is 18.1 Å². The van der Waals surface area contributed by atoms with Crippen LogP contribution in [0.3, 0.4) is 0 Å². The number of nitrogens with zero attached hydrogens (tertiary/aromatic N) is 2. The third kappa shape index (κ3) is 6.27. The van der Waals surface area contributed by atoms with Gasteiger partial charge in [-0.25, -0.2) is 8.42 Å². The van der Waals surface area contributed by atoms with Crippen molar-refractivity contribution in [1.29, 1.82) is 0 Å². The van der Waals surface area contributed by atoms with Gasteiger partial charge in [-0.05, 0) is 43.2 Å². The number of methoxy groups -OCH3 is 2. The first-order valence-corrected chi connectivity index (χ1v) is 12.4. The molecule has 1 fully saturated rings. The Labute approximate surface area is 200 Å². The molecule has 0 aromatic heterocycles. The van der Waals surface area contributed by atoms with Gasteiger partial charge in [0.2, 0.25) is 10.0 Å². The highest BCUT2D eigenvalue weighted by atomic mass is 32.2. The summed E-state index contributed by atoms with van der Waals surface area (Å²) in [5.41, 5.74) is 1.86. The number of amides is 1. The summed E-state index contributed by atoms with van der Waals surface area (Å²) in [7, 11) is -0.512. The first-order chi connectivity index (χ1) is 16.2. The average molecular weight is 491 g/mol. The van der Waals surface area contributed by atoms with E-state index < -0.39 is 16.0 Å². The molecule has 0 N–H and O–H groups in total. The lowest BCUT2D eigenvalue weighted by Gasteiger charge is -2.33. The quantitative estimate of drug-likeness (QED) is 0.496. The minimum absolute atomic E-state index is 0.116. The molecule has 1 amide bonds. The van der Waals surface area contributed by atoms with Crippen LogP contribution in [0.1, 0.15) is 17.5 Å². The van der Waals surface area contributed by atoms with Crippen molar-refractivity contribution in [3.63, 3.8) is 0 Å². The molecule has 1 aliphatic rings. The monoisotopic (exact) mass is 490 g/mol. The van der Waals surface area contributed by atoms with Crippen LogP contribution in [0.2, 0.25) is 0 Å². The molecule has 1 saturated heterocycles. The summed E-state index contributed by atoms with van der Waals surface area (Å²) < 4.78 is 42.5. The lowest BCUT2D eigenvalue weighted by Crippen LogP contribution is -2.51. The maximum atomic E-state index is 12.8. The van der Waals surface area contributed by atoms with Crippen LogP contribution in [0.4, 0.5) is 0 Å². The zero-order valence-corrected chi connectivity index (χ0v) is 20.5. The molecule has 34 heavy (non-hydrogen) atoms. The maximum absolute atomic E-state index is 12.8. The average Bonchev–Trinajstić information content (AvgIpc) is 2.86. The van der Waals surface area contributed by atoms with Crippen LogP contribution in [0.15, 0.2) is 47.4 Å². The fourth-order valence-corrected chi connectivity index (χ4v) is 5.05. The van der Waals surface area contributed by atoms with Crippen molar-refractivity contribution in [3.05, 3.63) is 53.6 Å². The minimum atomic E-state index is -3.60. The third-order valence-corrected chi connectivity index (χ3v) is 7.59. The molecular formula is C24H30N2O7S. The Bertz CT molecular complexity index is 1110. The van der Waals surface area contributed by atoms with Crippen molar-refractivity contribution in [2.24, 2.45) is 0 Å². The number of aryl methyl sites for hydroxylation is 2. The zero-order chi connectivity index (χ0) is 24.7. The maximum Gasteiger partial charge on any atom is 0.306 e. The molecule has 1 heterocycles. The van der Waals surface area contributed by atoms with Crippen molar-refractivity contribution >= 4 is 21.9 Å². The number of rotatable bonds is 9. The van der Waals surface area contributed by atoms with Gasteiger partial charge < -0.3 is 19.1 Å². The Morgan fingerprint density at radius 1 is 0.912 bits per heavy atom. The number of hydrogen-bond donors (Lipinski definition) is 0. The van der Waals surface area contributed by atoms with Crippen molar-refractivity contribution in [3.8, 4) is 11.5 Å². The number of ether oxygens (including phenoxy) is 3. The molecule has 0 aliphatic carbocycles. The van der Waals surface area contributed by atoms with Gasteiger partial charge in [0, 0.05) is 32.6 Å². The number of piperazine rings is 1. The summed E-state index contributed by atoms with van der Waals surface area (Å²) in [6.07, 6.45) is 0.550. The van der Waals surface area contributed by atoms with Crippen LogP contribution in [0, 0.1) is 6.92 Å². The van der Waals surface area contributed by atoms with Crippen LogP contribution < -0.4 is 9.47 Å². The van der Waals surface area contributed by atoms with Gasteiger partial charge in [0.05, 0.1) is 19.1 Å². The van der Waals surface area contributed by atoms with E-state index in [1.54, 1.807) is 50.6 Å². The van der Waals surface area contributed by atoms with E-state index in [0.717, 1.165) is 11.1 Å². The molecule has 2 aromatic carbocycles. The highest BCUT2D eigenvalue weighted by Gasteiger charge is 2.30. The fraction of sp³-hybridized carbons (Fsp3) is 0.417. The number of sulfonamides is 1. The summed E-state index contributed by atoms with van der Waals surface area (Å²) in [4.78, 5) is 26.3. The molecule has 10 heteroatoms. The Kier molecular flexibility index (Phi) is 8.51. The molecule has 0 saturated carbocycles. The molecule has 2 aromatic rings. The molecular weight excluding hydrogens is 460 g/mol. The van der Waals surface area contributed by atoms with Gasteiger partial charge >= 0.3 is 5.97 Å². The Morgan fingerprint density at radius 2 is 1.56 bits per heavy atom. The molecule has 0 atom stereocenters. The standard InChI is InChI=1S/C24H30N2O7S/c1-18-4-8-20(9-5-18)34(29,30)26-14-12-25(13-15-26)23(27)17-33-24(28)11-7-19-6-10-21(31-2)22(16-19)32-3/h4-6,8-10,16H,7,11-15,17H2,1-3H3. The number of benzene rings is 2. The van der Waals surface area contributed by atoms with E-state index in [2.05, 4.69) is 0 Å². The van der Waals surface area contributed by atoms with Gasteiger partial charge in [-0.3, -0.25) is 9.59 Å². The van der Waals surface area contributed by atoms with E-state index in [9.17, 15) is 18.0 Å². The van der Waals surface area contributed by atoms with E-state index in [-0.39, 0.29) is 50.0 Å². The molecule has 1 aliphatic heterocycles. The molecule has 0 spiro atoms. The largest absolute Gasteiger partial charge is 0.493 e. The Hall–Kier alpha value is -3.11. The number of carbonyl (C=O) groups excluding carboxylic acids is 2. The van der Waals surface area contributed by atoms with E-state index in [4.69, 9.17) is 14.2 Å². The first-order valence-electron chi connectivity index (χ1n) is 11.0. The summed E-state index contributed by atoms with van der Waals surface area (Å²) in [5, 5.41) is 0. The highest BCUT2D eigenvalue weighted by molar-refractivity contribution is 7.89. The third-order valence-electron chi connectivity index (χ3n) is 5.67. The zero-order valence-electron chi connectivity index (χ0n) is 19.7. The first kappa shape index (κ1) is 25.5. The van der Waals surface area contributed by atoms with Gasteiger partial charge in [0.1, 0.15) is 0 Å². The second-order valence-corrected chi connectivity index (χ2v) is 9.89. The lowest BCUT2D eigenvalue weighted by atomic mass is 10.1. The summed E-state index contributed by atoms with van der Waals surface area (Å²) >= 11 is 0. The predicted molar refractivity (Wildman–Crippen MR) is 125 cm³/mol. The van der Waals surface area contributed by atoms with E-state index >= 15 is 0 Å². The second kappa shape index (κ2) is 11.3. The van der Waals surface area contributed by atoms with Crippen molar-refractivity contribution < 1.29 is 32.2 Å². The molecule has 9 nitrogen and oxygen atoms in total. The van der Waals surface area contributed by atoms with Crippen molar-refractivity contribution in [1.82, 2.24) is 9.21 Å². The number of esters is 1. The highest BCUT2D eigenvalue weighted by Crippen LogP contribution is 2.28. The van der Waals surface area contributed by atoms with Gasteiger partial charge in [0.25, 0.3) is 5.91 Å². The van der Waals surface area contributed by atoms with Crippen LogP contribution in [0.25, 0.3) is 0 Å². The topological polar surface area (TPSA) is 102 Å². The predicted octanol–water partition coefficient (Wildman–Crippen LogP) is 2.02. The van der Waals surface area contributed by atoms with Gasteiger partial charge in [-0.1, -0.05) is 23.8 Å². The fourth-order valence-electron chi connectivity index (χ4n) is 3.63. The molecule has 0 unspecified atom stereocenters. The normalized spacial score (nSPS) is 14.5. The minimum Gasteiger partial charge on any atom is -0.493 e. The van der Waals surface area contributed by atoms with Crippen LogP contribution in [-0.4, -0.2) is 76.5 Å². The Balaban J connectivity index is 1.43. The van der Waals surface area contributed by atoms with E-state index in [0.29, 0.717) is 17.9 Å². The van der Waals surface area contributed by atoms with Gasteiger partial charge in [-0.2, -0.15) is 4.31 Å².